The summed E-state index contributed by atoms with van der Waals surface area (Å²) in [4.78, 5) is 12.2. The zero-order chi connectivity index (χ0) is 25.2. The molecule has 4 aromatic rings. The molecule has 36 heavy (non-hydrogen) atoms. The van der Waals surface area contributed by atoms with E-state index in [1.54, 1.807) is 6.21 Å². The highest BCUT2D eigenvalue weighted by atomic mass is 32.2. The van der Waals surface area contributed by atoms with Crippen LogP contribution in [0.2, 0.25) is 0 Å². The first-order valence-corrected chi connectivity index (χ1v) is 13.2. The van der Waals surface area contributed by atoms with Crippen molar-refractivity contribution in [1.29, 1.82) is 0 Å². The summed E-state index contributed by atoms with van der Waals surface area (Å²) in [5, 5.41) is 13.2. The number of nitrogens with zero attached hydrogens (tertiary/aromatic N) is 3. The van der Waals surface area contributed by atoms with Crippen molar-refractivity contribution in [1.82, 2.24) is 15.6 Å². The Balaban J connectivity index is 1.29. The Morgan fingerprint density at radius 2 is 1.89 bits per heavy atom. The molecule has 0 aliphatic rings. The number of hydrogen-bond donors (Lipinski definition) is 1. The van der Waals surface area contributed by atoms with Gasteiger partial charge in [0.1, 0.15) is 11.6 Å². The van der Waals surface area contributed by atoms with E-state index in [0.717, 1.165) is 26.0 Å². The van der Waals surface area contributed by atoms with Gasteiger partial charge in [-0.05, 0) is 43.2 Å². The van der Waals surface area contributed by atoms with Gasteiger partial charge in [0.25, 0.3) is 5.91 Å². The van der Waals surface area contributed by atoms with Crippen LogP contribution in [0.3, 0.4) is 0 Å². The molecule has 1 aromatic heterocycles. The predicted molar refractivity (Wildman–Crippen MR) is 145 cm³/mol. The average molecular weight is 519 g/mol. The number of carbonyl (C=O) groups is 1. The molecule has 1 N–H and O–H groups in total. The monoisotopic (exact) mass is 518 g/mol. The molecular formula is C27H26N4O3S2. The molecule has 4 rings (SSSR count). The van der Waals surface area contributed by atoms with E-state index in [1.165, 1.54) is 28.7 Å². The first-order chi connectivity index (χ1) is 17.6. The molecule has 0 unspecified atom stereocenters. The Morgan fingerprint density at radius 1 is 1.03 bits per heavy atom. The maximum Gasteiger partial charge on any atom is 0.250 e. The summed E-state index contributed by atoms with van der Waals surface area (Å²) in [7, 11) is 0. The molecule has 0 bridgehead atoms. The van der Waals surface area contributed by atoms with Crippen molar-refractivity contribution in [2.45, 2.75) is 24.8 Å². The predicted octanol–water partition coefficient (Wildman–Crippen LogP) is 5.73. The number of aromatic nitrogens is 2. The van der Waals surface area contributed by atoms with E-state index in [2.05, 4.69) is 39.8 Å². The summed E-state index contributed by atoms with van der Waals surface area (Å²) >= 11 is 2.78. The number of benzene rings is 3. The van der Waals surface area contributed by atoms with Crippen LogP contribution >= 0.6 is 23.1 Å². The first-order valence-electron chi connectivity index (χ1n) is 11.4. The quantitative estimate of drug-likeness (QED) is 0.155. The third-order valence-electron chi connectivity index (χ3n) is 4.90. The summed E-state index contributed by atoms with van der Waals surface area (Å²) in [6, 6.07) is 23.6. The number of amides is 1. The minimum absolute atomic E-state index is 0.191. The fraction of sp³-hybridized carbons (Fsp3) is 0.185. The maximum atomic E-state index is 12.2. The zero-order valence-electron chi connectivity index (χ0n) is 20.0. The molecule has 0 saturated heterocycles. The van der Waals surface area contributed by atoms with Gasteiger partial charge >= 0.3 is 0 Å². The number of aryl methyl sites for hydroxylation is 1. The van der Waals surface area contributed by atoms with Crippen LogP contribution in [0, 0.1) is 6.92 Å². The van der Waals surface area contributed by atoms with E-state index in [0.29, 0.717) is 24.7 Å². The van der Waals surface area contributed by atoms with Crippen molar-refractivity contribution in [2.24, 2.45) is 5.10 Å². The van der Waals surface area contributed by atoms with Crippen LogP contribution in [0.5, 0.6) is 11.5 Å². The number of nitrogens with one attached hydrogen (secondary N) is 1. The number of ether oxygens (including phenoxy) is 2. The molecule has 0 aliphatic heterocycles. The van der Waals surface area contributed by atoms with Crippen molar-refractivity contribution in [3.05, 3.63) is 89.5 Å². The highest BCUT2D eigenvalue weighted by Gasteiger charge is 2.10. The SMILES string of the molecule is CCOc1cc(C=NNC(=O)CSc2nnc(-c3ccccc3)s2)ccc1OCc1cccc(C)c1. The lowest BCUT2D eigenvalue weighted by Gasteiger charge is -2.13. The van der Waals surface area contributed by atoms with Gasteiger partial charge in [-0.25, -0.2) is 5.43 Å². The van der Waals surface area contributed by atoms with Gasteiger partial charge in [-0.2, -0.15) is 5.10 Å². The van der Waals surface area contributed by atoms with Gasteiger partial charge in [0.15, 0.2) is 15.8 Å². The third-order valence-corrected chi connectivity index (χ3v) is 7.01. The van der Waals surface area contributed by atoms with E-state index in [1.807, 2.05) is 67.6 Å². The average Bonchev–Trinajstić information content (AvgIpc) is 3.37. The molecule has 0 saturated carbocycles. The molecular weight excluding hydrogens is 492 g/mol. The molecule has 0 atom stereocenters. The number of hydrogen-bond acceptors (Lipinski definition) is 8. The lowest BCUT2D eigenvalue weighted by atomic mass is 10.1. The van der Waals surface area contributed by atoms with E-state index in [4.69, 9.17) is 9.47 Å². The van der Waals surface area contributed by atoms with E-state index in [9.17, 15) is 4.79 Å². The van der Waals surface area contributed by atoms with E-state index in [-0.39, 0.29) is 11.7 Å². The molecule has 0 aliphatic carbocycles. The molecule has 0 spiro atoms. The van der Waals surface area contributed by atoms with Crippen LogP contribution in [0.4, 0.5) is 0 Å². The molecule has 0 fully saturated rings. The Hall–Kier alpha value is -3.69. The Labute approximate surface area is 218 Å². The fourth-order valence-electron chi connectivity index (χ4n) is 3.26. The molecule has 9 heteroatoms. The van der Waals surface area contributed by atoms with Crippen LogP contribution in [0.25, 0.3) is 10.6 Å². The summed E-state index contributed by atoms with van der Waals surface area (Å²) in [6.45, 7) is 4.93. The summed E-state index contributed by atoms with van der Waals surface area (Å²) in [5.74, 6) is 1.25. The van der Waals surface area contributed by atoms with Crippen molar-refractivity contribution in [3.8, 4) is 22.1 Å². The number of carbonyl (C=O) groups excluding carboxylic acids is 1. The van der Waals surface area contributed by atoms with Crippen LogP contribution in [0.1, 0.15) is 23.6 Å². The standard InChI is InChI=1S/C27H26N4O3S2/c1-3-33-24-15-20(12-13-23(24)34-17-21-9-7-8-19(2)14-21)16-28-29-25(32)18-35-27-31-30-26(36-27)22-10-5-4-6-11-22/h4-16H,3,17-18H2,1-2H3,(H,29,32). The minimum atomic E-state index is -0.226. The normalized spacial score (nSPS) is 10.9. The second-order valence-electron chi connectivity index (χ2n) is 7.74. The zero-order valence-corrected chi connectivity index (χ0v) is 21.6. The van der Waals surface area contributed by atoms with Crippen LogP contribution in [-0.2, 0) is 11.4 Å². The van der Waals surface area contributed by atoms with Crippen molar-refractivity contribution >= 4 is 35.2 Å². The first kappa shape index (κ1) is 25.4. The number of hydrazone groups is 1. The van der Waals surface area contributed by atoms with Crippen LogP contribution in [-0.4, -0.2) is 34.7 Å². The topological polar surface area (TPSA) is 85.7 Å². The van der Waals surface area contributed by atoms with E-state index >= 15 is 0 Å². The summed E-state index contributed by atoms with van der Waals surface area (Å²) in [6.07, 6.45) is 1.58. The van der Waals surface area contributed by atoms with Gasteiger partial charge in [0.05, 0.1) is 18.6 Å². The largest absolute Gasteiger partial charge is 0.490 e. The highest BCUT2D eigenvalue weighted by Crippen LogP contribution is 2.30. The van der Waals surface area contributed by atoms with Crippen molar-refractivity contribution < 1.29 is 14.3 Å². The van der Waals surface area contributed by atoms with Gasteiger partial charge in [-0.1, -0.05) is 83.3 Å². The van der Waals surface area contributed by atoms with Gasteiger partial charge in [0, 0.05) is 5.56 Å². The molecule has 7 nitrogen and oxygen atoms in total. The van der Waals surface area contributed by atoms with Crippen LogP contribution in [0.15, 0.2) is 82.2 Å². The maximum absolute atomic E-state index is 12.2. The van der Waals surface area contributed by atoms with E-state index < -0.39 is 0 Å². The number of thioether (sulfide) groups is 1. The second kappa shape index (κ2) is 12.9. The lowest BCUT2D eigenvalue weighted by Crippen LogP contribution is -2.19. The fourth-order valence-corrected chi connectivity index (χ4v) is 4.91. The lowest BCUT2D eigenvalue weighted by molar-refractivity contribution is -0.118. The van der Waals surface area contributed by atoms with Gasteiger partial charge < -0.3 is 9.47 Å². The Bertz CT molecular complexity index is 1330. The second-order valence-corrected chi connectivity index (χ2v) is 9.94. The van der Waals surface area contributed by atoms with Crippen LogP contribution < -0.4 is 14.9 Å². The van der Waals surface area contributed by atoms with Gasteiger partial charge in [-0.3, -0.25) is 4.79 Å². The smallest absolute Gasteiger partial charge is 0.250 e. The minimum Gasteiger partial charge on any atom is -0.490 e. The van der Waals surface area contributed by atoms with Gasteiger partial charge in [-0.15, -0.1) is 10.2 Å². The summed E-state index contributed by atoms with van der Waals surface area (Å²) in [5.41, 5.74) is 6.62. The molecule has 3 aromatic carbocycles. The highest BCUT2D eigenvalue weighted by molar-refractivity contribution is 8.01. The molecule has 1 amide bonds. The van der Waals surface area contributed by atoms with Crippen molar-refractivity contribution in [3.63, 3.8) is 0 Å². The third kappa shape index (κ3) is 7.40. The Morgan fingerprint density at radius 3 is 2.69 bits per heavy atom. The van der Waals surface area contributed by atoms with Gasteiger partial charge in [0.2, 0.25) is 0 Å². The number of rotatable bonds is 11. The van der Waals surface area contributed by atoms with Crippen molar-refractivity contribution in [2.75, 3.05) is 12.4 Å². The molecule has 1 heterocycles. The molecule has 0 radical (unpaired) electrons. The Kier molecular flexibility index (Phi) is 9.07. The summed E-state index contributed by atoms with van der Waals surface area (Å²) < 4.78 is 12.5. The molecule has 184 valence electrons.